The van der Waals surface area contributed by atoms with Crippen LogP contribution in [-0.2, 0) is 0 Å². The lowest BCUT2D eigenvalue weighted by Gasteiger charge is -2.18. The van der Waals surface area contributed by atoms with E-state index in [2.05, 4.69) is 6.92 Å². The minimum atomic E-state index is 0.507. The normalized spacial score (nSPS) is 35.4. The highest BCUT2D eigenvalue weighted by atomic mass is 14.6. The van der Waals surface area contributed by atoms with Crippen LogP contribution in [0.15, 0.2) is 0 Å². The number of rotatable bonds is 1. The number of nitrogens with two attached hydrogens (primary N) is 1. The Bertz CT molecular complexity index is 90.7. The van der Waals surface area contributed by atoms with Crippen LogP contribution in [0, 0.1) is 5.92 Å². The third kappa shape index (κ3) is 1.98. The summed E-state index contributed by atoms with van der Waals surface area (Å²) in [5.74, 6) is 0.822. The molecule has 1 saturated carbocycles. The number of hydrogen-bond acceptors (Lipinski definition) is 1. The van der Waals surface area contributed by atoms with Crippen molar-refractivity contribution in [1.82, 2.24) is 0 Å². The first-order valence-corrected chi connectivity index (χ1v) is 4.60. The second-order valence-corrected chi connectivity index (χ2v) is 3.47. The molecule has 10 heavy (non-hydrogen) atoms. The largest absolute Gasteiger partial charge is 0.327 e. The Labute approximate surface area is 64.0 Å². The lowest BCUT2D eigenvalue weighted by molar-refractivity contribution is 0.386. The molecule has 0 aromatic rings. The summed E-state index contributed by atoms with van der Waals surface area (Å²) in [6.45, 7) is 2.26. The van der Waals surface area contributed by atoms with Crippen LogP contribution in [0.25, 0.3) is 0 Å². The van der Waals surface area contributed by atoms with Crippen LogP contribution in [0.2, 0.25) is 0 Å². The van der Waals surface area contributed by atoms with Crippen LogP contribution >= 0.6 is 0 Å². The fourth-order valence-corrected chi connectivity index (χ4v) is 1.92. The molecular formula is C9H19N. The molecule has 0 radical (unpaired) electrons. The van der Waals surface area contributed by atoms with Gasteiger partial charge in [-0.15, -0.1) is 0 Å². The lowest BCUT2D eigenvalue weighted by Crippen LogP contribution is -2.28. The highest BCUT2D eigenvalue weighted by Gasteiger charge is 2.17. The van der Waals surface area contributed by atoms with Crippen molar-refractivity contribution in [3.63, 3.8) is 0 Å². The molecule has 2 N–H and O–H groups in total. The van der Waals surface area contributed by atoms with Crippen molar-refractivity contribution in [2.75, 3.05) is 0 Å². The molecule has 0 aromatic carbocycles. The van der Waals surface area contributed by atoms with Crippen molar-refractivity contribution >= 4 is 0 Å². The first kappa shape index (κ1) is 8.06. The molecule has 2 atom stereocenters. The molecule has 0 bridgehead atoms. The Kier molecular flexibility index (Phi) is 3.20. The first-order chi connectivity index (χ1) is 4.84. The second-order valence-electron chi connectivity index (χ2n) is 3.47. The second kappa shape index (κ2) is 3.97. The monoisotopic (exact) mass is 141 g/mol. The summed E-state index contributed by atoms with van der Waals surface area (Å²) in [6, 6.07) is 0.507. The van der Waals surface area contributed by atoms with E-state index >= 15 is 0 Å². The van der Waals surface area contributed by atoms with Crippen molar-refractivity contribution in [3.8, 4) is 0 Å². The summed E-state index contributed by atoms with van der Waals surface area (Å²) < 4.78 is 0. The third-order valence-electron chi connectivity index (χ3n) is 2.74. The standard InChI is InChI=1S/C9H19N/c1-2-8-6-4-3-5-7-9(8)10/h8-9H,2-7,10H2,1H3/t8-,9-/m1/s1. The minimum Gasteiger partial charge on any atom is -0.327 e. The van der Waals surface area contributed by atoms with Crippen molar-refractivity contribution in [2.24, 2.45) is 11.7 Å². The van der Waals surface area contributed by atoms with Gasteiger partial charge in [0.2, 0.25) is 0 Å². The predicted octanol–water partition coefficient (Wildman–Crippen LogP) is 2.30. The van der Waals surface area contributed by atoms with E-state index in [0.29, 0.717) is 6.04 Å². The molecule has 1 nitrogen and oxygen atoms in total. The zero-order chi connectivity index (χ0) is 7.40. The Morgan fingerprint density at radius 2 is 1.90 bits per heavy atom. The van der Waals surface area contributed by atoms with Crippen LogP contribution in [0.5, 0.6) is 0 Å². The molecule has 1 rings (SSSR count). The zero-order valence-corrected chi connectivity index (χ0v) is 6.97. The number of hydrogen-bond donors (Lipinski definition) is 1. The van der Waals surface area contributed by atoms with Crippen LogP contribution in [0.1, 0.15) is 45.4 Å². The zero-order valence-electron chi connectivity index (χ0n) is 6.97. The van der Waals surface area contributed by atoms with Crippen LogP contribution in [0.3, 0.4) is 0 Å². The summed E-state index contributed by atoms with van der Waals surface area (Å²) in [7, 11) is 0. The Balaban J connectivity index is 2.35. The van der Waals surface area contributed by atoms with Gasteiger partial charge in [-0.3, -0.25) is 0 Å². The minimum absolute atomic E-state index is 0.507. The highest BCUT2D eigenvalue weighted by molar-refractivity contribution is 4.74. The molecule has 0 spiro atoms. The third-order valence-corrected chi connectivity index (χ3v) is 2.74. The maximum Gasteiger partial charge on any atom is 0.00670 e. The Morgan fingerprint density at radius 3 is 2.60 bits per heavy atom. The van der Waals surface area contributed by atoms with Gasteiger partial charge in [-0.05, 0) is 18.8 Å². The van der Waals surface area contributed by atoms with E-state index in [9.17, 15) is 0 Å². The topological polar surface area (TPSA) is 26.0 Å². The van der Waals surface area contributed by atoms with Gasteiger partial charge in [-0.25, -0.2) is 0 Å². The molecule has 0 heterocycles. The van der Waals surface area contributed by atoms with Gasteiger partial charge in [0.1, 0.15) is 0 Å². The molecular weight excluding hydrogens is 122 g/mol. The highest BCUT2D eigenvalue weighted by Crippen LogP contribution is 2.23. The van der Waals surface area contributed by atoms with Gasteiger partial charge in [0, 0.05) is 6.04 Å². The summed E-state index contributed by atoms with van der Waals surface area (Å²) in [5.41, 5.74) is 5.99. The van der Waals surface area contributed by atoms with Gasteiger partial charge in [0.25, 0.3) is 0 Å². The van der Waals surface area contributed by atoms with Gasteiger partial charge in [0.15, 0.2) is 0 Å². The smallest absolute Gasteiger partial charge is 0.00670 e. The molecule has 0 aromatic heterocycles. The van der Waals surface area contributed by atoms with Crippen LogP contribution in [0.4, 0.5) is 0 Å². The van der Waals surface area contributed by atoms with Crippen molar-refractivity contribution in [1.29, 1.82) is 0 Å². The van der Waals surface area contributed by atoms with E-state index in [1.807, 2.05) is 0 Å². The summed E-state index contributed by atoms with van der Waals surface area (Å²) in [4.78, 5) is 0. The quantitative estimate of drug-likeness (QED) is 0.557. The lowest BCUT2D eigenvalue weighted by atomic mass is 9.93. The van der Waals surface area contributed by atoms with Crippen LogP contribution in [-0.4, -0.2) is 6.04 Å². The molecule has 0 aliphatic heterocycles. The average molecular weight is 141 g/mol. The van der Waals surface area contributed by atoms with E-state index in [-0.39, 0.29) is 0 Å². The summed E-state index contributed by atoms with van der Waals surface area (Å²) >= 11 is 0. The molecule has 60 valence electrons. The molecule has 1 aliphatic carbocycles. The fraction of sp³-hybridized carbons (Fsp3) is 1.00. The van der Waals surface area contributed by atoms with E-state index in [0.717, 1.165) is 5.92 Å². The predicted molar refractivity (Wildman–Crippen MR) is 44.8 cm³/mol. The Morgan fingerprint density at radius 1 is 1.20 bits per heavy atom. The maximum absolute atomic E-state index is 5.99. The molecule has 1 aliphatic rings. The van der Waals surface area contributed by atoms with Gasteiger partial charge in [-0.1, -0.05) is 32.6 Å². The first-order valence-electron chi connectivity index (χ1n) is 4.60. The van der Waals surface area contributed by atoms with Gasteiger partial charge in [0.05, 0.1) is 0 Å². The van der Waals surface area contributed by atoms with Gasteiger partial charge < -0.3 is 5.73 Å². The fourth-order valence-electron chi connectivity index (χ4n) is 1.92. The summed E-state index contributed by atoms with van der Waals surface area (Å²) in [5, 5.41) is 0. The summed E-state index contributed by atoms with van der Waals surface area (Å²) in [6.07, 6.45) is 8.09. The Hall–Kier alpha value is -0.0400. The van der Waals surface area contributed by atoms with E-state index in [1.165, 1.54) is 38.5 Å². The van der Waals surface area contributed by atoms with Crippen molar-refractivity contribution < 1.29 is 0 Å². The molecule has 0 saturated heterocycles. The molecule has 0 unspecified atom stereocenters. The van der Waals surface area contributed by atoms with Gasteiger partial charge >= 0.3 is 0 Å². The molecule has 0 amide bonds. The SMILES string of the molecule is CC[C@@H]1CCCCC[C@H]1N. The van der Waals surface area contributed by atoms with E-state index < -0.39 is 0 Å². The molecule has 1 heteroatoms. The van der Waals surface area contributed by atoms with E-state index in [1.54, 1.807) is 0 Å². The van der Waals surface area contributed by atoms with Crippen molar-refractivity contribution in [2.45, 2.75) is 51.5 Å². The van der Waals surface area contributed by atoms with Crippen molar-refractivity contribution in [3.05, 3.63) is 0 Å². The van der Waals surface area contributed by atoms with Gasteiger partial charge in [-0.2, -0.15) is 0 Å². The maximum atomic E-state index is 5.99. The molecule has 1 fully saturated rings. The average Bonchev–Trinajstić information content (AvgIpc) is 2.13. The van der Waals surface area contributed by atoms with E-state index in [4.69, 9.17) is 5.73 Å². The van der Waals surface area contributed by atoms with Crippen LogP contribution < -0.4 is 5.73 Å².